The molecule has 0 atom stereocenters. The summed E-state index contributed by atoms with van der Waals surface area (Å²) in [5.41, 5.74) is 1.86. The molecule has 0 heterocycles. The summed E-state index contributed by atoms with van der Waals surface area (Å²) < 4.78 is 17.3. The lowest BCUT2D eigenvalue weighted by atomic mass is 10.2. The predicted molar refractivity (Wildman–Crippen MR) is 125 cm³/mol. The summed E-state index contributed by atoms with van der Waals surface area (Å²) in [5, 5.41) is 5.06. The van der Waals surface area contributed by atoms with Crippen molar-refractivity contribution in [3.63, 3.8) is 0 Å². The van der Waals surface area contributed by atoms with Crippen LogP contribution in [-0.4, -0.2) is 26.4 Å². The van der Waals surface area contributed by atoms with Crippen LogP contribution >= 0.6 is 34.8 Å². The molecule has 1 N–H and O–H groups in total. The van der Waals surface area contributed by atoms with E-state index in [0.717, 1.165) is 50.1 Å². The third-order valence-corrected chi connectivity index (χ3v) is 5.24. The zero-order valence-electron chi connectivity index (χ0n) is 17.6. The van der Waals surface area contributed by atoms with Crippen molar-refractivity contribution >= 4 is 34.8 Å². The van der Waals surface area contributed by atoms with E-state index in [0.29, 0.717) is 39.7 Å². The summed E-state index contributed by atoms with van der Waals surface area (Å²) in [4.78, 5) is 0. The van der Waals surface area contributed by atoms with Crippen LogP contribution in [0.25, 0.3) is 0 Å². The fourth-order valence-electron chi connectivity index (χ4n) is 2.80. The van der Waals surface area contributed by atoms with Gasteiger partial charge in [-0.05, 0) is 56.1 Å². The Labute approximate surface area is 194 Å². The maximum atomic E-state index is 6.51. The molecule has 2 aromatic rings. The Morgan fingerprint density at radius 3 is 2.43 bits per heavy atom. The fraction of sp³-hybridized carbons (Fsp3) is 0.478. The van der Waals surface area contributed by atoms with Gasteiger partial charge < -0.3 is 19.5 Å². The quantitative estimate of drug-likeness (QED) is 0.302. The lowest BCUT2D eigenvalue weighted by Gasteiger charge is -2.16. The smallest absolute Gasteiger partial charge is 0.180 e. The highest BCUT2D eigenvalue weighted by Crippen LogP contribution is 2.37. The molecule has 2 aromatic carbocycles. The van der Waals surface area contributed by atoms with Crippen LogP contribution in [0, 0.1) is 0 Å². The van der Waals surface area contributed by atoms with Crippen molar-refractivity contribution < 1.29 is 14.2 Å². The molecule has 0 fully saturated rings. The summed E-state index contributed by atoms with van der Waals surface area (Å²) in [6, 6.07) is 9.16. The number of rotatable bonds is 14. The second-order valence-electron chi connectivity index (χ2n) is 6.86. The van der Waals surface area contributed by atoms with Crippen LogP contribution in [-0.2, 0) is 17.9 Å². The van der Waals surface area contributed by atoms with Crippen molar-refractivity contribution in [2.75, 3.05) is 26.4 Å². The van der Waals surface area contributed by atoms with E-state index in [1.807, 2.05) is 25.1 Å². The average molecular weight is 475 g/mol. The first-order valence-corrected chi connectivity index (χ1v) is 11.5. The molecular weight excluding hydrogens is 445 g/mol. The van der Waals surface area contributed by atoms with Crippen molar-refractivity contribution in [2.24, 2.45) is 0 Å². The van der Waals surface area contributed by atoms with Crippen molar-refractivity contribution in [3.8, 4) is 11.5 Å². The van der Waals surface area contributed by atoms with Gasteiger partial charge in [-0.3, -0.25) is 0 Å². The number of hydrogen-bond acceptors (Lipinski definition) is 4. The van der Waals surface area contributed by atoms with Gasteiger partial charge in [-0.25, -0.2) is 0 Å². The minimum Gasteiger partial charge on any atom is -0.490 e. The fourth-order valence-corrected chi connectivity index (χ4v) is 3.55. The Kier molecular flexibility index (Phi) is 11.7. The number of ether oxygens (including phenoxy) is 3. The first-order valence-electron chi connectivity index (χ1n) is 10.4. The van der Waals surface area contributed by atoms with Crippen molar-refractivity contribution in [2.45, 2.75) is 46.3 Å². The second-order valence-corrected chi connectivity index (χ2v) is 8.11. The molecule has 0 bridgehead atoms. The van der Waals surface area contributed by atoms with Gasteiger partial charge in [0.15, 0.2) is 11.5 Å². The minimum atomic E-state index is 0.269. The molecule has 0 saturated heterocycles. The molecule has 0 aliphatic heterocycles. The standard InChI is InChI=1S/C23H30Cl3NO3/c1-3-5-10-28-11-6-9-27-15-17-12-21(26)23(22(13-17)29-4-2)30-16-18-7-8-19(24)14-20(18)25/h7-8,12-14,27H,3-6,9-11,15-16H2,1-2H3. The molecule has 30 heavy (non-hydrogen) atoms. The van der Waals surface area contributed by atoms with Crippen LogP contribution in [0.2, 0.25) is 15.1 Å². The van der Waals surface area contributed by atoms with Crippen molar-refractivity contribution in [3.05, 3.63) is 56.5 Å². The number of hydrogen-bond donors (Lipinski definition) is 1. The molecule has 0 aromatic heterocycles. The zero-order valence-corrected chi connectivity index (χ0v) is 19.9. The largest absolute Gasteiger partial charge is 0.490 e. The predicted octanol–water partition coefficient (Wildman–Crippen LogP) is 6.92. The maximum absolute atomic E-state index is 6.51. The van der Waals surface area contributed by atoms with Gasteiger partial charge in [0.1, 0.15) is 6.61 Å². The van der Waals surface area contributed by atoms with Crippen molar-refractivity contribution in [1.82, 2.24) is 5.32 Å². The second kappa shape index (κ2) is 14.0. The molecule has 0 aliphatic rings. The van der Waals surface area contributed by atoms with E-state index in [1.165, 1.54) is 0 Å². The van der Waals surface area contributed by atoms with E-state index in [-0.39, 0.29) is 6.61 Å². The first kappa shape index (κ1) is 25.1. The number of unbranched alkanes of at least 4 members (excludes halogenated alkanes) is 1. The summed E-state index contributed by atoms with van der Waals surface area (Å²) in [6.07, 6.45) is 3.25. The van der Waals surface area contributed by atoms with Crippen LogP contribution < -0.4 is 14.8 Å². The molecule has 0 saturated carbocycles. The Morgan fingerprint density at radius 2 is 1.70 bits per heavy atom. The van der Waals surface area contributed by atoms with Crippen LogP contribution in [0.4, 0.5) is 0 Å². The van der Waals surface area contributed by atoms with Crippen LogP contribution in [0.15, 0.2) is 30.3 Å². The highest BCUT2D eigenvalue weighted by Gasteiger charge is 2.14. The Balaban J connectivity index is 1.92. The SMILES string of the molecule is CCCCOCCCNCc1cc(Cl)c(OCc2ccc(Cl)cc2Cl)c(OCC)c1. The van der Waals surface area contributed by atoms with Crippen LogP contribution in [0.5, 0.6) is 11.5 Å². The van der Waals surface area contributed by atoms with Gasteiger partial charge >= 0.3 is 0 Å². The molecule has 0 amide bonds. The third-order valence-electron chi connectivity index (χ3n) is 4.37. The van der Waals surface area contributed by atoms with E-state index < -0.39 is 0 Å². The average Bonchev–Trinajstić information content (AvgIpc) is 2.71. The van der Waals surface area contributed by atoms with E-state index in [2.05, 4.69) is 12.2 Å². The first-order chi connectivity index (χ1) is 14.5. The van der Waals surface area contributed by atoms with Gasteiger partial charge in [0.2, 0.25) is 0 Å². The minimum absolute atomic E-state index is 0.269. The highest BCUT2D eigenvalue weighted by atomic mass is 35.5. The maximum Gasteiger partial charge on any atom is 0.180 e. The Hall–Kier alpha value is -1.17. The molecule has 0 aliphatic carbocycles. The van der Waals surface area contributed by atoms with Crippen LogP contribution in [0.3, 0.4) is 0 Å². The molecule has 4 nitrogen and oxygen atoms in total. The summed E-state index contributed by atoms with van der Waals surface area (Å²) in [7, 11) is 0. The summed E-state index contributed by atoms with van der Waals surface area (Å²) >= 11 is 18.7. The van der Waals surface area contributed by atoms with Gasteiger partial charge in [-0.2, -0.15) is 0 Å². The van der Waals surface area contributed by atoms with Gasteiger partial charge in [0.05, 0.1) is 11.6 Å². The van der Waals surface area contributed by atoms with Crippen molar-refractivity contribution in [1.29, 1.82) is 0 Å². The number of benzene rings is 2. The number of nitrogens with one attached hydrogen (secondary N) is 1. The molecular formula is C23H30Cl3NO3. The van der Waals surface area contributed by atoms with E-state index in [9.17, 15) is 0 Å². The molecule has 0 unspecified atom stereocenters. The molecule has 7 heteroatoms. The van der Waals surface area contributed by atoms with Gasteiger partial charge in [0, 0.05) is 35.4 Å². The van der Waals surface area contributed by atoms with Gasteiger partial charge in [-0.15, -0.1) is 0 Å². The van der Waals surface area contributed by atoms with E-state index in [1.54, 1.807) is 12.1 Å². The zero-order chi connectivity index (χ0) is 21.8. The monoisotopic (exact) mass is 473 g/mol. The van der Waals surface area contributed by atoms with E-state index >= 15 is 0 Å². The van der Waals surface area contributed by atoms with Gasteiger partial charge in [0.25, 0.3) is 0 Å². The third kappa shape index (κ3) is 8.52. The highest BCUT2D eigenvalue weighted by molar-refractivity contribution is 6.35. The molecule has 2 rings (SSSR count). The lowest BCUT2D eigenvalue weighted by Crippen LogP contribution is -2.16. The van der Waals surface area contributed by atoms with E-state index in [4.69, 9.17) is 49.0 Å². The Bertz CT molecular complexity index is 787. The summed E-state index contributed by atoms with van der Waals surface area (Å²) in [5.74, 6) is 1.13. The lowest BCUT2D eigenvalue weighted by molar-refractivity contribution is 0.129. The topological polar surface area (TPSA) is 39.7 Å². The molecule has 0 spiro atoms. The van der Waals surface area contributed by atoms with Gasteiger partial charge in [-0.1, -0.05) is 54.2 Å². The molecule has 0 radical (unpaired) electrons. The number of halogens is 3. The normalized spacial score (nSPS) is 11.0. The summed E-state index contributed by atoms with van der Waals surface area (Å²) in [6.45, 7) is 8.06. The Morgan fingerprint density at radius 1 is 0.900 bits per heavy atom. The molecule has 166 valence electrons. The van der Waals surface area contributed by atoms with Crippen LogP contribution in [0.1, 0.15) is 44.2 Å².